The Morgan fingerprint density at radius 1 is 1.27 bits per heavy atom. The molecule has 1 aliphatic heterocycles. The Morgan fingerprint density at radius 2 is 1.96 bits per heavy atom. The minimum absolute atomic E-state index is 0.0290. The van der Waals surface area contributed by atoms with Crippen LogP contribution in [0.1, 0.15) is 44.4 Å². The molecule has 0 aliphatic carbocycles. The van der Waals surface area contributed by atoms with Gasteiger partial charge in [-0.3, -0.25) is 4.79 Å². The summed E-state index contributed by atoms with van der Waals surface area (Å²) in [6.45, 7) is 5.69. The third-order valence-electron chi connectivity index (χ3n) is 5.14. The van der Waals surface area contributed by atoms with E-state index in [2.05, 4.69) is 25.2 Å². The van der Waals surface area contributed by atoms with Crippen molar-refractivity contribution in [3.63, 3.8) is 0 Å². The number of fused-ring (bicyclic) bond motifs is 1. The molecule has 0 radical (unpaired) electrons. The van der Waals surface area contributed by atoms with Gasteiger partial charge in [0.2, 0.25) is 5.91 Å². The number of rotatable bonds is 3. The van der Waals surface area contributed by atoms with Crippen molar-refractivity contribution >= 4 is 17.3 Å². The molecule has 0 saturated heterocycles. The van der Waals surface area contributed by atoms with E-state index in [1.165, 1.54) is 12.1 Å². The second kappa shape index (κ2) is 7.17. The van der Waals surface area contributed by atoms with Gasteiger partial charge in [0.1, 0.15) is 5.82 Å². The normalized spacial score (nSPS) is 21.7. The van der Waals surface area contributed by atoms with Gasteiger partial charge in [-0.05, 0) is 48.9 Å². The van der Waals surface area contributed by atoms with Gasteiger partial charge in [0, 0.05) is 35.8 Å². The summed E-state index contributed by atoms with van der Waals surface area (Å²) < 4.78 is 14.0. The average molecular weight is 351 g/mol. The molecule has 0 unspecified atom stereocenters. The molecule has 3 atom stereocenters. The first kappa shape index (κ1) is 17.9. The van der Waals surface area contributed by atoms with Crippen LogP contribution in [0.15, 0.2) is 42.5 Å². The Bertz CT molecular complexity index is 857. The molecule has 0 spiro atoms. The van der Waals surface area contributed by atoms with E-state index in [1.807, 2.05) is 12.1 Å². The molecule has 3 rings (SSSR count). The lowest BCUT2D eigenvalue weighted by atomic mass is 9.80. The second-order valence-electron chi connectivity index (χ2n) is 6.74. The first-order chi connectivity index (χ1) is 12.5. The maximum Gasteiger partial charge on any atom is 0.224 e. The number of nitrogens with one attached hydrogen (secondary N) is 1. The summed E-state index contributed by atoms with van der Waals surface area (Å²) in [5.74, 6) is -0.261. The number of benzene rings is 2. The van der Waals surface area contributed by atoms with Gasteiger partial charge < -0.3 is 10.2 Å². The van der Waals surface area contributed by atoms with Crippen LogP contribution in [0.4, 0.5) is 15.8 Å². The lowest BCUT2D eigenvalue weighted by molar-refractivity contribution is -0.117. The van der Waals surface area contributed by atoms with Crippen molar-refractivity contribution < 1.29 is 9.18 Å². The molecule has 0 fully saturated rings. The molecule has 26 heavy (non-hydrogen) atoms. The summed E-state index contributed by atoms with van der Waals surface area (Å²) in [7, 11) is 0. The van der Waals surface area contributed by atoms with Crippen molar-refractivity contribution in [3.8, 4) is 6.07 Å². The predicted molar refractivity (Wildman–Crippen MR) is 100 cm³/mol. The van der Waals surface area contributed by atoms with E-state index in [1.54, 1.807) is 30.0 Å². The van der Waals surface area contributed by atoms with Crippen LogP contribution in [0.25, 0.3) is 0 Å². The quantitative estimate of drug-likeness (QED) is 0.877. The van der Waals surface area contributed by atoms with Crippen molar-refractivity contribution in [1.29, 1.82) is 5.26 Å². The lowest BCUT2D eigenvalue weighted by Gasteiger charge is -2.45. The highest BCUT2D eigenvalue weighted by Crippen LogP contribution is 2.43. The van der Waals surface area contributed by atoms with Gasteiger partial charge in [-0.25, -0.2) is 4.39 Å². The number of amides is 1. The van der Waals surface area contributed by atoms with Gasteiger partial charge in [-0.15, -0.1) is 0 Å². The fraction of sp³-hybridized carbons (Fsp3) is 0.333. The predicted octanol–water partition coefficient (Wildman–Crippen LogP) is 4.63. The van der Waals surface area contributed by atoms with Gasteiger partial charge in [0.15, 0.2) is 0 Å². The zero-order chi connectivity index (χ0) is 18.8. The third-order valence-corrected chi connectivity index (χ3v) is 5.14. The van der Waals surface area contributed by atoms with Crippen LogP contribution in [0.2, 0.25) is 0 Å². The molecule has 1 N–H and O–H groups in total. The van der Waals surface area contributed by atoms with Crippen LogP contribution in [0, 0.1) is 23.1 Å². The van der Waals surface area contributed by atoms with Gasteiger partial charge in [-0.1, -0.05) is 13.8 Å². The van der Waals surface area contributed by atoms with E-state index in [0.717, 1.165) is 23.4 Å². The van der Waals surface area contributed by atoms with Crippen LogP contribution in [0.3, 0.4) is 0 Å². The molecule has 2 aromatic rings. The molecular formula is C21H22FN3O. The smallest absolute Gasteiger partial charge is 0.224 e. The number of carbonyl (C=O) groups excluding carboxylic acids is 1. The minimum atomic E-state index is -0.318. The van der Waals surface area contributed by atoms with E-state index in [-0.39, 0.29) is 29.7 Å². The number of hydrogen-bond donors (Lipinski definition) is 1. The average Bonchev–Trinajstić information content (AvgIpc) is 2.63. The number of nitriles is 1. The summed E-state index contributed by atoms with van der Waals surface area (Å²) in [4.78, 5) is 14.1. The van der Waals surface area contributed by atoms with Gasteiger partial charge in [0.05, 0.1) is 17.7 Å². The summed E-state index contributed by atoms with van der Waals surface area (Å²) >= 11 is 0. The largest absolute Gasteiger partial charge is 0.378 e. The van der Waals surface area contributed by atoms with Crippen LogP contribution in [-0.4, -0.2) is 11.9 Å². The second-order valence-corrected chi connectivity index (χ2v) is 6.74. The van der Waals surface area contributed by atoms with Gasteiger partial charge in [-0.2, -0.15) is 5.26 Å². The Kier molecular flexibility index (Phi) is 4.94. The van der Waals surface area contributed by atoms with Crippen molar-refractivity contribution in [2.45, 2.75) is 39.3 Å². The first-order valence-electron chi connectivity index (χ1n) is 8.82. The molecule has 0 bridgehead atoms. The van der Waals surface area contributed by atoms with Crippen molar-refractivity contribution in [2.24, 2.45) is 5.92 Å². The van der Waals surface area contributed by atoms with Gasteiger partial charge in [0.25, 0.3) is 0 Å². The topological polar surface area (TPSA) is 56.1 Å². The number of carbonyl (C=O) groups is 1. The number of nitrogens with zero attached hydrogens (tertiary/aromatic N) is 2. The maximum absolute atomic E-state index is 14.0. The van der Waals surface area contributed by atoms with E-state index >= 15 is 0 Å². The Hall–Kier alpha value is -2.87. The molecule has 1 amide bonds. The molecule has 1 heterocycles. The standard InChI is InChI=1S/C21H22FN3O/c1-4-19-13(2)21(24-17-8-5-15(12-23)6-9-17)18-11-16(22)7-10-20(18)25(19)14(3)26/h5-11,13,19,21,24H,4H2,1-3H3/t13-,19-,21+/m1/s1. The Labute approximate surface area is 153 Å². The number of anilines is 2. The van der Waals surface area contributed by atoms with Crippen molar-refractivity contribution in [3.05, 3.63) is 59.4 Å². The SMILES string of the molecule is CC[C@@H]1[C@@H](C)[C@H](Nc2ccc(C#N)cc2)c2cc(F)ccc2N1C(C)=O. The first-order valence-corrected chi connectivity index (χ1v) is 8.82. The zero-order valence-electron chi connectivity index (χ0n) is 15.2. The molecule has 0 saturated carbocycles. The summed E-state index contributed by atoms with van der Waals surface area (Å²) in [6, 6.07) is 13.8. The lowest BCUT2D eigenvalue weighted by Crippen LogP contribution is -2.49. The Morgan fingerprint density at radius 3 is 2.54 bits per heavy atom. The highest BCUT2D eigenvalue weighted by molar-refractivity contribution is 5.94. The number of halogens is 1. The van der Waals surface area contributed by atoms with Crippen LogP contribution in [-0.2, 0) is 4.79 Å². The fourth-order valence-electron chi connectivity index (χ4n) is 3.90. The molecule has 1 aliphatic rings. The fourth-order valence-corrected chi connectivity index (χ4v) is 3.90. The highest BCUT2D eigenvalue weighted by Gasteiger charge is 2.39. The van der Waals surface area contributed by atoms with E-state index in [9.17, 15) is 9.18 Å². The monoisotopic (exact) mass is 351 g/mol. The number of hydrogen-bond acceptors (Lipinski definition) is 3. The molecule has 4 nitrogen and oxygen atoms in total. The molecule has 2 aromatic carbocycles. The zero-order valence-corrected chi connectivity index (χ0v) is 15.2. The molecular weight excluding hydrogens is 329 g/mol. The summed E-state index contributed by atoms with van der Waals surface area (Å²) in [5, 5.41) is 12.4. The van der Waals surface area contributed by atoms with E-state index in [4.69, 9.17) is 5.26 Å². The summed E-state index contributed by atoms with van der Waals surface area (Å²) in [6.07, 6.45) is 0.809. The van der Waals surface area contributed by atoms with Crippen molar-refractivity contribution in [1.82, 2.24) is 0 Å². The van der Waals surface area contributed by atoms with Crippen molar-refractivity contribution in [2.75, 3.05) is 10.2 Å². The molecule has 0 aromatic heterocycles. The summed E-state index contributed by atoms with van der Waals surface area (Å²) in [5.41, 5.74) is 2.99. The molecule has 5 heteroatoms. The van der Waals surface area contributed by atoms with Crippen LogP contribution < -0.4 is 10.2 Å². The van der Waals surface area contributed by atoms with Crippen LogP contribution in [0.5, 0.6) is 0 Å². The van der Waals surface area contributed by atoms with E-state index in [0.29, 0.717) is 5.56 Å². The maximum atomic E-state index is 14.0. The van der Waals surface area contributed by atoms with Crippen LogP contribution >= 0.6 is 0 Å². The van der Waals surface area contributed by atoms with E-state index < -0.39 is 0 Å². The van der Waals surface area contributed by atoms with Gasteiger partial charge >= 0.3 is 0 Å². The highest BCUT2D eigenvalue weighted by atomic mass is 19.1. The molecule has 134 valence electrons. The third kappa shape index (κ3) is 3.15. The minimum Gasteiger partial charge on any atom is -0.378 e. The Balaban J connectivity index is 2.05.